The Kier molecular flexibility index (Phi) is 7.24. The number of aliphatic hydroxyl groups excluding tert-OH is 1. The van der Waals surface area contributed by atoms with Gasteiger partial charge >= 0.3 is 0 Å². The van der Waals surface area contributed by atoms with Crippen molar-refractivity contribution in [2.24, 2.45) is 11.8 Å². The SMILES string of the molecule is CC(C)[C@H]1/C=C/[C@](C)(O)C/C=C/[C@@](C)(O)CC[C@@H](O)[C@](C)(O)CC1. The Labute approximate surface area is 146 Å². The summed E-state index contributed by atoms with van der Waals surface area (Å²) >= 11 is 0. The largest absolute Gasteiger partial charge is 0.390 e. The number of aliphatic hydroxyl groups is 4. The maximum Gasteiger partial charge on any atom is 0.0877 e. The van der Waals surface area contributed by atoms with Gasteiger partial charge in [0, 0.05) is 0 Å². The van der Waals surface area contributed by atoms with Gasteiger partial charge in [-0.15, -0.1) is 0 Å². The van der Waals surface area contributed by atoms with Gasteiger partial charge < -0.3 is 20.4 Å². The molecule has 0 bridgehead atoms. The second kappa shape index (κ2) is 8.13. The van der Waals surface area contributed by atoms with Gasteiger partial charge in [-0.25, -0.2) is 0 Å². The lowest BCUT2D eigenvalue weighted by molar-refractivity contribution is -0.0793. The van der Waals surface area contributed by atoms with Crippen molar-refractivity contribution in [2.75, 3.05) is 0 Å². The fourth-order valence-electron chi connectivity index (χ4n) is 3.05. The van der Waals surface area contributed by atoms with E-state index in [9.17, 15) is 20.4 Å². The Morgan fingerprint density at radius 3 is 2.12 bits per heavy atom. The van der Waals surface area contributed by atoms with Crippen LogP contribution < -0.4 is 0 Å². The van der Waals surface area contributed by atoms with Gasteiger partial charge in [-0.2, -0.15) is 0 Å². The summed E-state index contributed by atoms with van der Waals surface area (Å²) in [6.45, 7) is 9.33. The van der Waals surface area contributed by atoms with Crippen LogP contribution in [0.15, 0.2) is 24.3 Å². The number of rotatable bonds is 1. The molecule has 0 radical (unpaired) electrons. The van der Waals surface area contributed by atoms with Gasteiger partial charge in [0.15, 0.2) is 0 Å². The van der Waals surface area contributed by atoms with Crippen molar-refractivity contribution in [3.8, 4) is 0 Å². The molecular weight excluding hydrogens is 304 g/mol. The van der Waals surface area contributed by atoms with Crippen LogP contribution in [0.1, 0.15) is 66.7 Å². The van der Waals surface area contributed by atoms with E-state index < -0.39 is 22.9 Å². The van der Waals surface area contributed by atoms with E-state index in [-0.39, 0.29) is 5.92 Å². The molecule has 0 saturated carbocycles. The molecule has 4 heteroatoms. The van der Waals surface area contributed by atoms with Crippen molar-refractivity contribution < 1.29 is 20.4 Å². The summed E-state index contributed by atoms with van der Waals surface area (Å²) in [5.74, 6) is 0.611. The van der Waals surface area contributed by atoms with Crippen LogP contribution >= 0.6 is 0 Å². The van der Waals surface area contributed by atoms with E-state index in [0.717, 1.165) is 6.42 Å². The summed E-state index contributed by atoms with van der Waals surface area (Å²) in [6.07, 6.45) is 8.72. The maximum absolute atomic E-state index is 10.6. The zero-order chi connectivity index (χ0) is 18.6. The van der Waals surface area contributed by atoms with Gasteiger partial charge in [-0.05, 0) is 64.7 Å². The van der Waals surface area contributed by atoms with E-state index in [1.807, 2.05) is 12.2 Å². The maximum atomic E-state index is 10.6. The Morgan fingerprint density at radius 1 is 0.917 bits per heavy atom. The van der Waals surface area contributed by atoms with Crippen LogP contribution in [0.4, 0.5) is 0 Å². The number of allylic oxidation sites excluding steroid dienone is 1. The van der Waals surface area contributed by atoms with E-state index >= 15 is 0 Å². The monoisotopic (exact) mass is 340 g/mol. The molecule has 1 rings (SSSR count). The molecule has 1 aliphatic carbocycles. The summed E-state index contributed by atoms with van der Waals surface area (Å²) in [6, 6.07) is 0. The highest BCUT2D eigenvalue weighted by Gasteiger charge is 2.33. The van der Waals surface area contributed by atoms with Crippen molar-refractivity contribution in [1.82, 2.24) is 0 Å². The molecule has 4 nitrogen and oxygen atoms in total. The molecule has 5 atom stereocenters. The van der Waals surface area contributed by atoms with Crippen LogP contribution in [-0.2, 0) is 0 Å². The molecule has 0 unspecified atom stereocenters. The third-order valence-corrected chi connectivity index (χ3v) is 5.19. The molecule has 0 fully saturated rings. The fourth-order valence-corrected chi connectivity index (χ4v) is 3.05. The fraction of sp³-hybridized carbons (Fsp3) is 0.800. The Bertz CT molecular complexity index is 447. The van der Waals surface area contributed by atoms with Crippen molar-refractivity contribution in [1.29, 1.82) is 0 Å². The zero-order valence-electron chi connectivity index (χ0n) is 15.9. The van der Waals surface area contributed by atoms with Gasteiger partial charge in [0.25, 0.3) is 0 Å². The average molecular weight is 341 g/mol. The number of hydrogen-bond donors (Lipinski definition) is 4. The van der Waals surface area contributed by atoms with Gasteiger partial charge in [0.1, 0.15) is 0 Å². The molecule has 0 amide bonds. The van der Waals surface area contributed by atoms with E-state index in [0.29, 0.717) is 31.6 Å². The molecule has 0 aromatic heterocycles. The minimum absolute atomic E-state index is 0.227. The Hall–Kier alpha value is -0.680. The normalized spacial score (nSPS) is 45.6. The van der Waals surface area contributed by atoms with Crippen molar-refractivity contribution in [3.05, 3.63) is 24.3 Å². The van der Waals surface area contributed by atoms with E-state index in [1.54, 1.807) is 32.9 Å². The van der Waals surface area contributed by atoms with Crippen LogP contribution in [-0.4, -0.2) is 43.3 Å². The number of hydrogen-bond acceptors (Lipinski definition) is 4. The molecule has 0 aromatic carbocycles. The quantitative estimate of drug-likeness (QED) is 0.553. The zero-order valence-corrected chi connectivity index (χ0v) is 15.9. The summed E-state index contributed by atoms with van der Waals surface area (Å²) in [7, 11) is 0. The first kappa shape index (κ1) is 21.4. The smallest absolute Gasteiger partial charge is 0.0877 e. The lowest BCUT2D eigenvalue weighted by Gasteiger charge is -2.33. The van der Waals surface area contributed by atoms with Gasteiger partial charge in [-0.1, -0.05) is 38.2 Å². The summed E-state index contributed by atoms with van der Waals surface area (Å²) in [5, 5.41) is 41.8. The van der Waals surface area contributed by atoms with Gasteiger partial charge in [0.2, 0.25) is 0 Å². The Balaban J connectivity index is 3.06. The van der Waals surface area contributed by atoms with Crippen molar-refractivity contribution >= 4 is 0 Å². The molecule has 0 saturated heterocycles. The first-order chi connectivity index (χ1) is 10.8. The van der Waals surface area contributed by atoms with Crippen LogP contribution in [0.5, 0.6) is 0 Å². The topological polar surface area (TPSA) is 80.9 Å². The van der Waals surface area contributed by atoms with E-state index in [1.165, 1.54) is 0 Å². The van der Waals surface area contributed by atoms with Crippen LogP contribution in [0.2, 0.25) is 0 Å². The highest BCUT2D eigenvalue weighted by Crippen LogP contribution is 2.30. The Morgan fingerprint density at radius 2 is 1.54 bits per heavy atom. The minimum atomic E-state index is -1.19. The molecule has 1 aliphatic rings. The first-order valence-corrected chi connectivity index (χ1v) is 9.07. The molecule has 140 valence electrons. The van der Waals surface area contributed by atoms with Crippen LogP contribution in [0.25, 0.3) is 0 Å². The van der Waals surface area contributed by atoms with Crippen LogP contribution in [0, 0.1) is 11.8 Å². The molecule has 0 spiro atoms. The molecule has 0 heterocycles. The van der Waals surface area contributed by atoms with Crippen molar-refractivity contribution in [3.63, 3.8) is 0 Å². The predicted molar refractivity (Wildman–Crippen MR) is 97.6 cm³/mol. The molecule has 4 N–H and O–H groups in total. The summed E-state index contributed by atoms with van der Waals surface area (Å²) < 4.78 is 0. The standard InChI is InChI=1S/C20H36O4/c1-15(2)16-7-12-18(3,22)10-6-11-19(4,23)13-9-17(21)20(5,24)14-8-16/h6-7,11-12,15-17,21-24H,8-10,13-14H2,1-5H3/b11-6+,12-7+/t16-,17+,18+,19+,20+/m0/s1. The lowest BCUT2D eigenvalue weighted by Crippen LogP contribution is -2.41. The van der Waals surface area contributed by atoms with Crippen molar-refractivity contribution in [2.45, 2.75) is 89.6 Å². The highest BCUT2D eigenvalue weighted by atomic mass is 16.3. The third kappa shape index (κ3) is 7.06. The second-order valence-electron chi connectivity index (χ2n) is 8.54. The lowest BCUT2D eigenvalue weighted by atomic mass is 9.81. The molecule has 0 aliphatic heterocycles. The minimum Gasteiger partial charge on any atom is -0.390 e. The third-order valence-electron chi connectivity index (χ3n) is 5.19. The van der Waals surface area contributed by atoms with E-state index in [4.69, 9.17) is 0 Å². The van der Waals surface area contributed by atoms with Crippen LogP contribution in [0.3, 0.4) is 0 Å². The van der Waals surface area contributed by atoms with Gasteiger partial charge in [-0.3, -0.25) is 0 Å². The summed E-state index contributed by atoms with van der Waals surface area (Å²) in [5.41, 5.74) is -3.22. The highest BCUT2D eigenvalue weighted by molar-refractivity contribution is 5.08. The van der Waals surface area contributed by atoms with E-state index in [2.05, 4.69) is 13.8 Å². The molecule has 0 aromatic rings. The summed E-state index contributed by atoms with van der Waals surface area (Å²) in [4.78, 5) is 0. The predicted octanol–water partition coefficient (Wildman–Crippen LogP) is 2.95. The average Bonchev–Trinajstić information content (AvgIpc) is 2.42. The second-order valence-corrected chi connectivity index (χ2v) is 8.54. The molecule has 24 heavy (non-hydrogen) atoms. The first-order valence-electron chi connectivity index (χ1n) is 9.07. The van der Waals surface area contributed by atoms with Gasteiger partial charge in [0.05, 0.1) is 22.9 Å². The molecular formula is C20H36O4.